The lowest BCUT2D eigenvalue weighted by molar-refractivity contribution is 0.246. The van der Waals surface area contributed by atoms with E-state index in [1.807, 2.05) is 0 Å². The quantitative estimate of drug-likeness (QED) is 0.898. The van der Waals surface area contributed by atoms with E-state index in [2.05, 4.69) is 5.32 Å². The number of para-hydroxylation sites is 1. The molecule has 20 heavy (non-hydrogen) atoms. The molecule has 0 saturated carbocycles. The first-order valence-electron chi connectivity index (χ1n) is 6.26. The van der Waals surface area contributed by atoms with Crippen LogP contribution in [0, 0.1) is 5.82 Å². The van der Waals surface area contributed by atoms with E-state index >= 15 is 0 Å². The predicted octanol–water partition coefficient (Wildman–Crippen LogP) is 4.55. The molecule has 0 aromatic heterocycles. The summed E-state index contributed by atoms with van der Waals surface area (Å²) in [5.74, 6) is 0.499. The lowest BCUT2D eigenvalue weighted by Crippen LogP contribution is -2.24. The van der Waals surface area contributed by atoms with Gasteiger partial charge in [0.1, 0.15) is 17.7 Å². The van der Waals surface area contributed by atoms with Crippen LogP contribution in [0.4, 0.5) is 10.1 Å². The molecule has 5 heteroatoms. The molecule has 0 bridgehead atoms. The fourth-order valence-corrected chi connectivity index (χ4v) is 2.82. The van der Waals surface area contributed by atoms with Crippen molar-refractivity contribution < 1.29 is 9.13 Å². The van der Waals surface area contributed by atoms with Crippen molar-refractivity contribution in [3.63, 3.8) is 0 Å². The van der Waals surface area contributed by atoms with E-state index < -0.39 is 0 Å². The van der Waals surface area contributed by atoms with Gasteiger partial charge in [-0.1, -0.05) is 29.3 Å². The summed E-state index contributed by atoms with van der Waals surface area (Å²) >= 11 is 12.2. The molecule has 0 aliphatic carbocycles. The fraction of sp³-hybridized carbons (Fsp3) is 0.200. The smallest absolute Gasteiger partial charge is 0.123 e. The van der Waals surface area contributed by atoms with Crippen molar-refractivity contribution in [3.8, 4) is 5.75 Å². The van der Waals surface area contributed by atoms with Gasteiger partial charge < -0.3 is 10.1 Å². The zero-order valence-corrected chi connectivity index (χ0v) is 12.0. The SMILES string of the molecule is Fc1ccc2c(c1)CC(CNc1c(Cl)cccc1Cl)O2. The maximum Gasteiger partial charge on any atom is 0.123 e. The highest BCUT2D eigenvalue weighted by Crippen LogP contribution is 2.32. The molecular formula is C15H12Cl2FNO. The molecule has 1 unspecified atom stereocenters. The van der Waals surface area contributed by atoms with E-state index in [4.69, 9.17) is 27.9 Å². The van der Waals surface area contributed by atoms with Gasteiger partial charge in [-0.2, -0.15) is 0 Å². The van der Waals surface area contributed by atoms with Gasteiger partial charge in [-0.25, -0.2) is 4.39 Å². The third-order valence-electron chi connectivity index (χ3n) is 3.23. The van der Waals surface area contributed by atoms with E-state index in [-0.39, 0.29) is 11.9 Å². The van der Waals surface area contributed by atoms with Gasteiger partial charge in [0.15, 0.2) is 0 Å². The molecular weight excluding hydrogens is 300 g/mol. The number of benzene rings is 2. The molecule has 1 N–H and O–H groups in total. The number of anilines is 1. The van der Waals surface area contributed by atoms with Gasteiger partial charge in [-0.15, -0.1) is 0 Å². The first-order chi connectivity index (χ1) is 9.63. The van der Waals surface area contributed by atoms with Crippen LogP contribution in [0.15, 0.2) is 36.4 Å². The second-order valence-corrected chi connectivity index (χ2v) is 5.49. The number of nitrogens with one attached hydrogen (secondary N) is 1. The van der Waals surface area contributed by atoms with Crippen molar-refractivity contribution >= 4 is 28.9 Å². The molecule has 104 valence electrons. The second-order valence-electron chi connectivity index (χ2n) is 4.67. The average molecular weight is 312 g/mol. The minimum absolute atomic E-state index is 0.0564. The molecule has 0 spiro atoms. The minimum Gasteiger partial charge on any atom is -0.488 e. The summed E-state index contributed by atoms with van der Waals surface area (Å²) in [6.45, 7) is 0.555. The largest absolute Gasteiger partial charge is 0.488 e. The van der Waals surface area contributed by atoms with Crippen LogP contribution < -0.4 is 10.1 Å². The molecule has 1 heterocycles. The van der Waals surface area contributed by atoms with Crippen LogP contribution in [0.1, 0.15) is 5.56 Å². The molecule has 1 atom stereocenters. The van der Waals surface area contributed by atoms with Gasteiger partial charge in [0.2, 0.25) is 0 Å². The Morgan fingerprint density at radius 3 is 2.70 bits per heavy atom. The molecule has 0 amide bonds. The standard InChI is InChI=1S/C15H12Cl2FNO/c16-12-2-1-3-13(17)15(12)19-8-11-7-9-6-10(18)4-5-14(9)20-11/h1-6,11,19H,7-8H2. The van der Waals surface area contributed by atoms with Crippen LogP contribution >= 0.6 is 23.2 Å². The summed E-state index contributed by atoms with van der Waals surface area (Å²) in [4.78, 5) is 0. The lowest BCUT2D eigenvalue weighted by atomic mass is 10.1. The Bertz CT molecular complexity index is 628. The monoisotopic (exact) mass is 311 g/mol. The van der Waals surface area contributed by atoms with Crippen LogP contribution in [-0.4, -0.2) is 12.6 Å². The van der Waals surface area contributed by atoms with Crippen molar-refractivity contribution in [3.05, 3.63) is 57.8 Å². The normalized spacial score (nSPS) is 16.6. The summed E-state index contributed by atoms with van der Waals surface area (Å²) in [6, 6.07) is 9.91. The van der Waals surface area contributed by atoms with Crippen molar-refractivity contribution in [2.75, 3.05) is 11.9 Å². The van der Waals surface area contributed by atoms with Gasteiger partial charge in [-0.05, 0) is 30.3 Å². The molecule has 0 radical (unpaired) electrons. The number of halogens is 3. The molecule has 0 fully saturated rings. The number of rotatable bonds is 3. The van der Waals surface area contributed by atoms with E-state index in [9.17, 15) is 4.39 Å². The summed E-state index contributed by atoms with van der Waals surface area (Å²) < 4.78 is 18.9. The zero-order chi connectivity index (χ0) is 14.1. The molecule has 2 aromatic carbocycles. The summed E-state index contributed by atoms with van der Waals surface area (Å²) in [5.41, 5.74) is 1.59. The topological polar surface area (TPSA) is 21.3 Å². The van der Waals surface area contributed by atoms with Crippen LogP contribution in [0.3, 0.4) is 0 Å². The number of ether oxygens (including phenoxy) is 1. The van der Waals surface area contributed by atoms with Gasteiger partial charge in [0, 0.05) is 12.0 Å². The van der Waals surface area contributed by atoms with Crippen molar-refractivity contribution in [2.24, 2.45) is 0 Å². The Balaban J connectivity index is 1.67. The van der Waals surface area contributed by atoms with Gasteiger partial charge >= 0.3 is 0 Å². The molecule has 1 aliphatic heterocycles. The van der Waals surface area contributed by atoms with Gasteiger partial charge in [0.25, 0.3) is 0 Å². The summed E-state index contributed by atoms with van der Waals surface area (Å²) in [5, 5.41) is 4.33. The Morgan fingerprint density at radius 1 is 1.20 bits per heavy atom. The third-order valence-corrected chi connectivity index (χ3v) is 3.86. The average Bonchev–Trinajstić information content (AvgIpc) is 2.80. The van der Waals surface area contributed by atoms with Gasteiger partial charge in [0.05, 0.1) is 22.3 Å². The molecule has 2 aromatic rings. The third kappa shape index (κ3) is 2.69. The van der Waals surface area contributed by atoms with Gasteiger partial charge in [-0.3, -0.25) is 0 Å². The Kier molecular flexibility index (Phi) is 3.72. The number of hydrogen-bond donors (Lipinski definition) is 1. The van der Waals surface area contributed by atoms with Crippen LogP contribution in [0.25, 0.3) is 0 Å². The number of hydrogen-bond acceptors (Lipinski definition) is 2. The first kappa shape index (κ1) is 13.5. The minimum atomic E-state index is -0.241. The molecule has 3 rings (SSSR count). The molecule has 2 nitrogen and oxygen atoms in total. The highest BCUT2D eigenvalue weighted by Gasteiger charge is 2.23. The maximum atomic E-state index is 13.1. The van der Waals surface area contributed by atoms with Crippen LogP contribution in [0.5, 0.6) is 5.75 Å². The molecule has 1 aliphatic rings. The summed E-state index contributed by atoms with van der Waals surface area (Å²) in [6.07, 6.45) is 0.612. The highest BCUT2D eigenvalue weighted by atomic mass is 35.5. The van der Waals surface area contributed by atoms with Crippen LogP contribution in [0.2, 0.25) is 10.0 Å². The first-order valence-corrected chi connectivity index (χ1v) is 7.02. The van der Waals surface area contributed by atoms with E-state index in [0.29, 0.717) is 28.7 Å². The van der Waals surface area contributed by atoms with E-state index in [1.54, 1.807) is 24.3 Å². The Labute approximate surface area is 126 Å². The van der Waals surface area contributed by atoms with Crippen LogP contribution in [-0.2, 0) is 6.42 Å². The summed E-state index contributed by atoms with van der Waals surface area (Å²) in [7, 11) is 0. The number of fused-ring (bicyclic) bond motifs is 1. The van der Waals surface area contributed by atoms with Crippen molar-refractivity contribution in [1.82, 2.24) is 0 Å². The Morgan fingerprint density at radius 2 is 1.95 bits per heavy atom. The van der Waals surface area contributed by atoms with E-state index in [0.717, 1.165) is 11.3 Å². The second kappa shape index (κ2) is 5.51. The van der Waals surface area contributed by atoms with Crippen molar-refractivity contribution in [1.29, 1.82) is 0 Å². The Hall–Kier alpha value is -1.45. The lowest BCUT2D eigenvalue weighted by Gasteiger charge is -2.14. The highest BCUT2D eigenvalue weighted by molar-refractivity contribution is 6.39. The molecule has 0 saturated heterocycles. The maximum absolute atomic E-state index is 13.1. The van der Waals surface area contributed by atoms with E-state index in [1.165, 1.54) is 12.1 Å². The zero-order valence-electron chi connectivity index (χ0n) is 10.5. The predicted molar refractivity (Wildman–Crippen MR) is 79.5 cm³/mol. The van der Waals surface area contributed by atoms with Crippen molar-refractivity contribution in [2.45, 2.75) is 12.5 Å². The fourth-order valence-electron chi connectivity index (χ4n) is 2.29.